The minimum absolute atomic E-state index is 0.0542. The quantitative estimate of drug-likeness (QED) is 0.887. The van der Waals surface area contributed by atoms with E-state index in [9.17, 15) is 0 Å². The number of thiophene rings is 1. The molecule has 0 fully saturated rings. The van der Waals surface area contributed by atoms with Gasteiger partial charge >= 0.3 is 0 Å². The van der Waals surface area contributed by atoms with Gasteiger partial charge in [-0.2, -0.15) is 0 Å². The van der Waals surface area contributed by atoms with E-state index in [0.29, 0.717) is 0 Å². The maximum atomic E-state index is 6.19. The molecule has 0 amide bonds. The molecule has 2 aromatic rings. The van der Waals surface area contributed by atoms with E-state index in [-0.39, 0.29) is 6.04 Å². The van der Waals surface area contributed by atoms with E-state index in [1.165, 1.54) is 15.3 Å². The maximum Gasteiger partial charge on any atom is 0.110 e. The molecule has 0 saturated carbocycles. The standard InChI is InChI=1S/C12H17N3S/c1-8-6-11(16-9(8)2)10(13)7-12-14-4-5-15(12)3/h4-6,10H,7,13H2,1-3H3. The van der Waals surface area contributed by atoms with Gasteiger partial charge in [0.2, 0.25) is 0 Å². The van der Waals surface area contributed by atoms with Crippen molar-refractivity contribution >= 4 is 11.3 Å². The Morgan fingerprint density at radius 1 is 1.50 bits per heavy atom. The zero-order valence-corrected chi connectivity index (χ0v) is 10.7. The molecular weight excluding hydrogens is 218 g/mol. The van der Waals surface area contributed by atoms with Crippen LogP contribution in [0.15, 0.2) is 18.5 Å². The lowest BCUT2D eigenvalue weighted by molar-refractivity contribution is 0.668. The largest absolute Gasteiger partial charge is 0.338 e. The SMILES string of the molecule is Cc1cc(C(N)Cc2nccn2C)sc1C. The Kier molecular flexibility index (Phi) is 3.12. The first-order chi connectivity index (χ1) is 7.58. The summed E-state index contributed by atoms with van der Waals surface area (Å²) in [5.41, 5.74) is 7.52. The van der Waals surface area contributed by atoms with Crippen LogP contribution in [0.2, 0.25) is 0 Å². The van der Waals surface area contributed by atoms with Crippen LogP contribution in [-0.2, 0) is 13.5 Å². The Labute approximate surface area is 99.9 Å². The van der Waals surface area contributed by atoms with Crippen LogP contribution >= 0.6 is 11.3 Å². The van der Waals surface area contributed by atoms with Gasteiger partial charge < -0.3 is 10.3 Å². The Balaban J connectivity index is 2.14. The minimum atomic E-state index is 0.0542. The molecule has 1 atom stereocenters. The van der Waals surface area contributed by atoms with Gasteiger partial charge in [0.1, 0.15) is 5.82 Å². The molecule has 4 heteroatoms. The molecule has 2 rings (SSSR count). The van der Waals surface area contributed by atoms with Crippen molar-refractivity contribution in [2.45, 2.75) is 26.3 Å². The summed E-state index contributed by atoms with van der Waals surface area (Å²) < 4.78 is 2.02. The van der Waals surface area contributed by atoms with Crippen LogP contribution < -0.4 is 5.73 Å². The molecule has 16 heavy (non-hydrogen) atoms. The van der Waals surface area contributed by atoms with Crippen LogP contribution in [0.3, 0.4) is 0 Å². The Morgan fingerprint density at radius 2 is 2.25 bits per heavy atom. The summed E-state index contributed by atoms with van der Waals surface area (Å²) in [5.74, 6) is 1.04. The molecule has 3 nitrogen and oxygen atoms in total. The van der Waals surface area contributed by atoms with Crippen molar-refractivity contribution in [1.82, 2.24) is 9.55 Å². The van der Waals surface area contributed by atoms with Gasteiger partial charge in [0.25, 0.3) is 0 Å². The average molecular weight is 235 g/mol. The zero-order valence-electron chi connectivity index (χ0n) is 9.90. The second-order valence-corrected chi connectivity index (χ2v) is 5.44. The second-order valence-electron chi connectivity index (χ2n) is 4.15. The molecule has 0 aliphatic rings. The third kappa shape index (κ3) is 2.18. The van der Waals surface area contributed by atoms with E-state index < -0.39 is 0 Å². The first-order valence-electron chi connectivity index (χ1n) is 5.36. The van der Waals surface area contributed by atoms with Crippen LogP contribution in [0.5, 0.6) is 0 Å². The minimum Gasteiger partial charge on any atom is -0.338 e. The van der Waals surface area contributed by atoms with Gasteiger partial charge in [0, 0.05) is 41.7 Å². The number of rotatable bonds is 3. The number of hydrogen-bond donors (Lipinski definition) is 1. The monoisotopic (exact) mass is 235 g/mol. The predicted octanol–water partition coefficient (Wildman–Crippen LogP) is 2.34. The molecule has 0 spiro atoms. The third-order valence-electron chi connectivity index (χ3n) is 2.87. The van der Waals surface area contributed by atoms with E-state index in [1.54, 1.807) is 11.3 Å². The summed E-state index contributed by atoms with van der Waals surface area (Å²) in [4.78, 5) is 6.90. The topological polar surface area (TPSA) is 43.8 Å². The number of aryl methyl sites for hydroxylation is 3. The van der Waals surface area contributed by atoms with Crippen molar-refractivity contribution in [3.05, 3.63) is 39.6 Å². The van der Waals surface area contributed by atoms with Gasteiger partial charge in [-0.15, -0.1) is 11.3 Å². The van der Waals surface area contributed by atoms with Crippen molar-refractivity contribution in [2.24, 2.45) is 12.8 Å². The van der Waals surface area contributed by atoms with Crippen molar-refractivity contribution in [3.63, 3.8) is 0 Å². The molecule has 2 heterocycles. The van der Waals surface area contributed by atoms with Gasteiger partial charge in [-0.3, -0.25) is 0 Å². The lowest BCUT2D eigenvalue weighted by Crippen LogP contribution is -2.14. The van der Waals surface area contributed by atoms with E-state index in [4.69, 9.17) is 5.73 Å². The number of aromatic nitrogens is 2. The van der Waals surface area contributed by atoms with E-state index in [0.717, 1.165) is 12.2 Å². The molecule has 0 aliphatic carbocycles. The van der Waals surface area contributed by atoms with Crippen LogP contribution in [0, 0.1) is 13.8 Å². The Bertz CT molecular complexity index is 465. The first-order valence-corrected chi connectivity index (χ1v) is 6.18. The Hall–Kier alpha value is -1.13. The summed E-state index contributed by atoms with van der Waals surface area (Å²) in [7, 11) is 2.00. The fourth-order valence-corrected chi connectivity index (χ4v) is 2.72. The highest BCUT2D eigenvalue weighted by Crippen LogP contribution is 2.26. The first kappa shape index (κ1) is 11.4. The molecule has 0 radical (unpaired) electrons. The average Bonchev–Trinajstić information content (AvgIpc) is 2.76. The second kappa shape index (κ2) is 4.39. The maximum absolute atomic E-state index is 6.19. The lowest BCUT2D eigenvalue weighted by Gasteiger charge is -2.09. The number of nitrogens with zero attached hydrogens (tertiary/aromatic N) is 2. The van der Waals surface area contributed by atoms with E-state index in [1.807, 2.05) is 24.0 Å². The van der Waals surface area contributed by atoms with Crippen molar-refractivity contribution in [2.75, 3.05) is 0 Å². The third-order valence-corrected chi connectivity index (χ3v) is 4.16. The van der Waals surface area contributed by atoms with Gasteiger partial charge in [0.05, 0.1) is 0 Å². The molecule has 0 saturated heterocycles. The number of imidazole rings is 1. The van der Waals surface area contributed by atoms with E-state index >= 15 is 0 Å². The van der Waals surface area contributed by atoms with Crippen molar-refractivity contribution in [3.8, 4) is 0 Å². The lowest BCUT2D eigenvalue weighted by atomic mass is 10.1. The van der Waals surface area contributed by atoms with Gasteiger partial charge in [-0.1, -0.05) is 0 Å². The summed E-state index contributed by atoms with van der Waals surface area (Å²) in [6.45, 7) is 4.26. The molecule has 2 N–H and O–H groups in total. The van der Waals surface area contributed by atoms with Crippen molar-refractivity contribution in [1.29, 1.82) is 0 Å². The molecule has 0 aromatic carbocycles. The zero-order chi connectivity index (χ0) is 11.7. The summed E-state index contributed by atoms with van der Waals surface area (Å²) >= 11 is 1.79. The summed E-state index contributed by atoms with van der Waals surface area (Å²) in [5, 5.41) is 0. The predicted molar refractivity (Wildman–Crippen MR) is 67.6 cm³/mol. The van der Waals surface area contributed by atoms with Crippen LogP contribution in [0.4, 0.5) is 0 Å². The highest BCUT2D eigenvalue weighted by Gasteiger charge is 2.13. The smallest absolute Gasteiger partial charge is 0.110 e. The Morgan fingerprint density at radius 3 is 2.75 bits per heavy atom. The van der Waals surface area contributed by atoms with Crippen LogP contribution in [0.25, 0.3) is 0 Å². The van der Waals surface area contributed by atoms with Crippen molar-refractivity contribution < 1.29 is 0 Å². The number of hydrogen-bond acceptors (Lipinski definition) is 3. The summed E-state index contributed by atoms with van der Waals surface area (Å²) in [6.07, 6.45) is 4.56. The fraction of sp³-hybridized carbons (Fsp3) is 0.417. The molecular formula is C12H17N3S. The van der Waals surface area contributed by atoms with Gasteiger partial charge in [0.15, 0.2) is 0 Å². The molecule has 86 valence electrons. The molecule has 0 aliphatic heterocycles. The van der Waals surface area contributed by atoms with Crippen LogP contribution in [-0.4, -0.2) is 9.55 Å². The van der Waals surface area contributed by atoms with Gasteiger partial charge in [-0.05, 0) is 25.5 Å². The molecule has 0 bridgehead atoms. The summed E-state index contributed by atoms with van der Waals surface area (Å²) in [6, 6.07) is 2.24. The van der Waals surface area contributed by atoms with E-state index in [2.05, 4.69) is 24.9 Å². The normalized spacial score (nSPS) is 13.0. The van der Waals surface area contributed by atoms with Gasteiger partial charge in [-0.25, -0.2) is 4.98 Å². The highest BCUT2D eigenvalue weighted by molar-refractivity contribution is 7.12. The molecule has 1 unspecified atom stereocenters. The fourth-order valence-electron chi connectivity index (χ4n) is 1.67. The highest BCUT2D eigenvalue weighted by atomic mass is 32.1. The molecule has 2 aromatic heterocycles. The van der Waals surface area contributed by atoms with Crippen LogP contribution in [0.1, 0.15) is 27.2 Å². The number of nitrogens with two attached hydrogens (primary N) is 1.